The summed E-state index contributed by atoms with van der Waals surface area (Å²) in [6.45, 7) is 0. The molecule has 1 aromatic carbocycles. The van der Waals surface area contributed by atoms with Gasteiger partial charge in [0.2, 0.25) is 0 Å². The first-order chi connectivity index (χ1) is 7.31. The molecule has 2 aromatic rings. The number of aromatic amines is 1. The van der Waals surface area contributed by atoms with Crippen LogP contribution in [0.15, 0.2) is 42.6 Å². The zero-order valence-electron chi connectivity index (χ0n) is 8.60. The van der Waals surface area contributed by atoms with Gasteiger partial charge in [-0.25, -0.2) is 0 Å². The normalized spacial score (nSPS) is 12.4. The zero-order valence-corrected chi connectivity index (χ0v) is 8.60. The molecule has 0 aliphatic carbocycles. The highest BCUT2D eigenvalue weighted by Crippen LogP contribution is 2.21. The highest BCUT2D eigenvalue weighted by Gasteiger charge is 2.09. The van der Waals surface area contributed by atoms with Gasteiger partial charge < -0.3 is 15.5 Å². The monoisotopic (exact) mass is 202 g/mol. The highest BCUT2D eigenvalue weighted by atomic mass is 16.5. The summed E-state index contributed by atoms with van der Waals surface area (Å²) in [5.74, 6) is 0.828. The molecule has 2 rings (SSSR count). The fourth-order valence-electron chi connectivity index (χ4n) is 1.55. The van der Waals surface area contributed by atoms with Crippen LogP contribution in [-0.2, 0) is 0 Å². The average Bonchev–Trinajstić information content (AvgIpc) is 2.81. The Balaban J connectivity index is 2.29. The summed E-state index contributed by atoms with van der Waals surface area (Å²) in [6, 6.07) is 11.6. The van der Waals surface area contributed by atoms with E-state index in [0.717, 1.165) is 17.0 Å². The van der Waals surface area contributed by atoms with E-state index in [-0.39, 0.29) is 6.04 Å². The summed E-state index contributed by atoms with van der Waals surface area (Å²) < 4.78 is 5.16. The minimum absolute atomic E-state index is 0.130. The third-order valence-corrected chi connectivity index (χ3v) is 2.41. The van der Waals surface area contributed by atoms with Crippen molar-refractivity contribution in [3.05, 3.63) is 53.9 Å². The molecular formula is C12H14N2O. The third kappa shape index (κ3) is 2.02. The number of nitrogens with two attached hydrogens (primary N) is 1. The Morgan fingerprint density at radius 1 is 1.27 bits per heavy atom. The van der Waals surface area contributed by atoms with Crippen LogP contribution in [0.1, 0.15) is 17.3 Å². The van der Waals surface area contributed by atoms with Gasteiger partial charge in [-0.15, -0.1) is 0 Å². The number of benzene rings is 1. The summed E-state index contributed by atoms with van der Waals surface area (Å²) in [5, 5.41) is 0. The first-order valence-corrected chi connectivity index (χ1v) is 4.84. The lowest BCUT2D eigenvalue weighted by Gasteiger charge is -2.11. The molecule has 0 radical (unpaired) electrons. The van der Waals surface area contributed by atoms with Crippen molar-refractivity contribution in [3.63, 3.8) is 0 Å². The van der Waals surface area contributed by atoms with Crippen LogP contribution in [0.2, 0.25) is 0 Å². The molecule has 1 heterocycles. The highest BCUT2D eigenvalue weighted by molar-refractivity contribution is 5.34. The van der Waals surface area contributed by atoms with Crippen LogP contribution >= 0.6 is 0 Å². The molecule has 3 N–H and O–H groups in total. The SMILES string of the molecule is COc1cccc(C(N)c2ccc[nH]2)c1. The molecule has 0 spiro atoms. The lowest BCUT2D eigenvalue weighted by Crippen LogP contribution is -2.12. The van der Waals surface area contributed by atoms with Gasteiger partial charge in [0.25, 0.3) is 0 Å². The fraction of sp³-hybridized carbons (Fsp3) is 0.167. The number of methoxy groups -OCH3 is 1. The van der Waals surface area contributed by atoms with E-state index in [1.165, 1.54) is 0 Å². The van der Waals surface area contributed by atoms with Crippen molar-refractivity contribution in [2.24, 2.45) is 5.73 Å². The van der Waals surface area contributed by atoms with Crippen molar-refractivity contribution in [1.82, 2.24) is 4.98 Å². The van der Waals surface area contributed by atoms with Gasteiger partial charge in [-0.3, -0.25) is 0 Å². The molecule has 0 bridgehead atoms. The maximum atomic E-state index is 6.10. The van der Waals surface area contributed by atoms with Gasteiger partial charge in [0.15, 0.2) is 0 Å². The summed E-state index contributed by atoms with van der Waals surface area (Å²) >= 11 is 0. The van der Waals surface area contributed by atoms with Crippen LogP contribution < -0.4 is 10.5 Å². The minimum atomic E-state index is -0.130. The van der Waals surface area contributed by atoms with E-state index in [1.807, 2.05) is 42.6 Å². The number of H-pyrrole nitrogens is 1. The standard InChI is InChI=1S/C12H14N2O/c1-15-10-5-2-4-9(8-10)12(13)11-6-3-7-14-11/h2-8,12,14H,13H2,1H3. The van der Waals surface area contributed by atoms with Gasteiger partial charge in [0, 0.05) is 11.9 Å². The molecule has 0 saturated carbocycles. The van der Waals surface area contributed by atoms with Crippen molar-refractivity contribution in [2.75, 3.05) is 7.11 Å². The second-order valence-electron chi connectivity index (χ2n) is 3.38. The molecule has 0 aliphatic heterocycles. The molecule has 78 valence electrons. The number of aromatic nitrogens is 1. The topological polar surface area (TPSA) is 51.0 Å². The van der Waals surface area contributed by atoms with Crippen molar-refractivity contribution < 1.29 is 4.74 Å². The van der Waals surface area contributed by atoms with Crippen molar-refractivity contribution in [3.8, 4) is 5.75 Å². The first kappa shape index (κ1) is 9.80. The first-order valence-electron chi connectivity index (χ1n) is 4.84. The van der Waals surface area contributed by atoms with Gasteiger partial charge in [-0.05, 0) is 29.8 Å². The molecule has 1 atom stereocenters. The molecule has 0 fully saturated rings. The second kappa shape index (κ2) is 4.19. The van der Waals surface area contributed by atoms with Gasteiger partial charge in [0.05, 0.1) is 13.2 Å². The summed E-state index contributed by atoms with van der Waals surface area (Å²) in [6.07, 6.45) is 1.87. The van der Waals surface area contributed by atoms with Gasteiger partial charge >= 0.3 is 0 Å². The number of rotatable bonds is 3. The Morgan fingerprint density at radius 2 is 2.13 bits per heavy atom. The molecule has 15 heavy (non-hydrogen) atoms. The molecule has 1 unspecified atom stereocenters. The Labute approximate surface area is 88.9 Å². The lowest BCUT2D eigenvalue weighted by molar-refractivity contribution is 0.414. The Kier molecular flexibility index (Phi) is 2.74. The van der Waals surface area contributed by atoms with E-state index < -0.39 is 0 Å². The van der Waals surface area contributed by atoms with E-state index in [4.69, 9.17) is 10.5 Å². The fourth-order valence-corrected chi connectivity index (χ4v) is 1.55. The molecule has 0 saturated heterocycles. The summed E-state index contributed by atoms with van der Waals surface area (Å²) in [4.78, 5) is 3.11. The van der Waals surface area contributed by atoms with E-state index >= 15 is 0 Å². The summed E-state index contributed by atoms with van der Waals surface area (Å²) in [7, 11) is 1.65. The predicted molar refractivity (Wildman–Crippen MR) is 59.8 cm³/mol. The number of ether oxygens (including phenoxy) is 1. The van der Waals surface area contributed by atoms with Crippen molar-refractivity contribution in [2.45, 2.75) is 6.04 Å². The van der Waals surface area contributed by atoms with Crippen LogP contribution in [-0.4, -0.2) is 12.1 Å². The van der Waals surface area contributed by atoms with E-state index in [1.54, 1.807) is 7.11 Å². The van der Waals surface area contributed by atoms with Gasteiger partial charge in [-0.2, -0.15) is 0 Å². The largest absolute Gasteiger partial charge is 0.497 e. The van der Waals surface area contributed by atoms with Crippen LogP contribution in [0.4, 0.5) is 0 Å². The second-order valence-corrected chi connectivity index (χ2v) is 3.38. The van der Waals surface area contributed by atoms with Crippen molar-refractivity contribution in [1.29, 1.82) is 0 Å². The molecule has 0 amide bonds. The lowest BCUT2D eigenvalue weighted by atomic mass is 10.0. The van der Waals surface area contributed by atoms with Gasteiger partial charge in [-0.1, -0.05) is 12.1 Å². The zero-order chi connectivity index (χ0) is 10.7. The Morgan fingerprint density at radius 3 is 2.80 bits per heavy atom. The van der Waals surface area contributed by atoms with Crippen LogP contribution in [0, 0.1) is 0 Å². The smallest absolute Gasteiger partial charge is 0.119 e. The predicted octanol–water partition coefficient (Wildman–Crippen LogP) is 2.07. The average molecular weight is 202 g/mol. The molecule has 1 aromatic heterocycles. The van der Waals surface area contributed by atoms with E-state index in [0.29, 0.717) is 0 Å². The van der Waals surface area contributed by atoms with Crippen LogP contribution in [0.3, 0.4) is 0 Å². The van der Waals surface area contributed by atoms with Crippen LogP contribution in [0.25, 0.3) is 0 Å². The summed E-state index contributed by atoms with van der Waals surface area (Å²) in [5.41, 5.74) is 8.14. The minimum Gasteiger partial charge on any atom is -0.497 e. The Hall–Kier alpha value is -1.74. The molecule has 0 aliphatic rings. The maximum Gasteiger partial charge on any atom is 0.119 e. The third-order valence-electron chi connectivity index (χ3n) is 2.41. The van der Waals surface area contributed by atoms with E-state index in [2.05, 4.69) is 4.98 Å². The molecule has 3 nitrogen and oxygen atoms in total. The Bertz CT molecular complexity index is 423. The maximum absolute atomic E-state index is 6.10. The molecule has 3 heteroatoms. The number of nitrogens with one attached hydrogen (secondary N) is 1. The molecular weight excluding hydrogens is 188 g/mol. The van der Waals surface area contributed by atoms with Crippen LogP contribution in [0.5, 0.6) is 5.75 Å². The van der Waals surface area contributed by atoms with Crippen molar-refractivity contribution >= 4 is 0 Å². The van der Waals surface area contributed by atoms with E-state index in [9.17, 15) is 0 Å². The van der Waals surface area contributed by atoms with Gasteiger partial charge in [0.1, 0.15) is 5.75 Å². The number of hydrogen-bond donors (Lipinski definition) is 2. The number of hydrogen-bond acceptors (Lipinski definition) is 2. The quantitative estimate of drug-likeness (QED) is 0.800.